The van der Waals surface area contributed by atoms with Crippen molar-refractivity contribution in [1.29, 1.82) is 0 Å². The maximum Gasteiger partial charge on any atom is 0.145 e. The van der Waals surface area contributed by atoms with E-state index in [2.05, 4.69) is 28.1 Å². The second-order valence-electron chi connectivity index (χ2n) is 9.64. The van der Waals surface area contributed by atoms with Gasteiger partial charge in [-0.15, -0.1) is 0 Å². The minimum atomic E-state index is -0.0603. The van der Waals surface area contributed by atoms with E-state index in [1.54, 1.807) is 0 Å². The Morgan fingerprint density at radius 3 is 2.56 bits per heavy atom. The SMILES string of the molecule is O=C(C1CCCCC1)C(CCN1CCC(c2coc3ccccc23)CC1)c1ccccn1. The van der Waals surface area contributed by atoms with Crippen LogP contribution in [0.4, 0.5) is 0 Å². The Balaban J connectivity index is 1.21. The Morgan fingerprint density at radius 1 is 1.00 bits per heavy atom. The summed E-state index contributed by atoms with van der Waals surface area (Å²) in [5.74, 6) is 1.17. The van der Waals surface area contributed by atoms with Crippen molar-refractivity contribution < 1.29 is 9.21 Å². The van der Waals surface area contributed by atoms with E-state index in [9.17, 15) is 4.79 Å². The fourth-order valence-corrected chi connectivity index (χ4v) is 5.78. The third kappa shape index (κ3) is 4.66. The molecule has 0 N–H and O–H groups in total. The quantitative estimate of drug-likeness (QED) is 0.439. The van der Waals surface area contributed by atoms with Crippen LogP contribution in [-0.2, 0) is 4.79 Å². The Morgan fingerprint density at radius 2 is 1.78 bits per heavy atom. The van der Waals surface area contributed by atoms with Crippen LogP contribution in [0.15, 0.2) is 59.3 Å². The average molecular weight is 431 g/mol. The molecule has 1 saturated heterocycles. The molecule has 1 aliphatic heterocycles. The molecular weight excluding hydrogens is 396 g/mol. The number of aromatic nitrogens is 1. The van der Waals surface area contributed by atoms with E-state index in [0.29, 0.717) is 11.7 Å². The van der Waals surface area contributed by atoms with Crippen molar-refractivity contribution in [3.8, 4) is 0 Å². The molecule has 168 valence electrons. The average Bonchev–Trinajstić information content (AvgIpc) is 3.30. The molecule has 1 aromatic carbocycles. The summed E-state index contributed by atoms with van der Waals surface area (Å²) in [5, 5.41) is 1.26. The summed E-state index contributed by atoms with van der Waals surface area (Å²) < 4.78 is 5.78. The van der Waals surface area contributed by atoms with Gasteiger partial charge in [0.05, 0.1) is 17.9 Å². The van der Waals surface area contributed by atoms with Crippen molar-refractivity contribution in [3.05, 3.63) is 66.2 Å². The molecule has 0 amide bonds. The van der Waals surface area contributed by atoms with Crippen LogP contribution in [0.5, 0.6) is 0 Å². The van der Waals surface area contributed by atoms with Gasteiger partial charge < -0.3 is 9.32 Å². The van der Waals surface area contributed by atoms with Gasteiger partial charge in [0.2, 0.25) is 0 Å². The number of hydrogen-bond acceptors (Lipinski definition) is 4. The summed E-state index contributed by atoms with van der Waals surface area (Å²) in [5.41, 5.74) is 3.31. The van der Waals surface area contributed by atoms with Crippen LogP contribution in [-0.4, -0.2) is 35.3 Å². The van der Waals surface area contributed by atoms with Crippen LogP contribution in [0.3, 0.4) is 0 Å². The second kappa shape index (κ2) is 9.99. The maximum atomic E-state index is 13.4. The van der Waals surface area contributed by atoms with Gasteiger partial charge >= 0.3 is 0 Å². The molecule has 0 spiro atoms. The molecule has 3 heterocycles. The summed E-state index contributed by atoms with van der Waals surface area (Å²) in [6.07, 6.45) is 12.8. The molecule has 2 aliphatic rings. The number of Topliss-reactive ketones (excluding diaryl/α,β-unsaturated/α-hetero) is 1. The number of rotatable bonds is 7. The van der Waals surface area contributed by atoms with Crippen LogP contribution >= 0.6 is 0 Å². The highest BCUT2D eigenvalue weighted by Crippen LogP contribution is 2.35. The summed E-state index contributed by atoms with van der Waals surface area (Å²) >= 11 is 0. The number of ketones is 1. The first kappa shape index (κ1) is 21.4. The maximum absolute atomic E-state index is 13.4. The number of para-hydroxylation sites is 1. The number of carbonyl (C=O) groups is 1. The number of likely N-dealkylation sites (tertiary alicyclic amines) is 1. The summed E-state index contributed by atoms with van der Waals surface area (Å²) in [6, 6.07) is 14.4. The number of nitrogens with zero attached hydrogens (tertiary/aromatic N) is 2. The highest BCUT2D eigenvalue weighted by molar-refractivity contribution is 5.87. The minimum absolute atomic E-state index is 0.0603. The van der Waals surface area contributed by atoms with Gasteiger partial charge in [-0.3, -0.25) is 9.78 Å². The van der Waals surface area contributed by atoms with E-state index in [4.69, 9.17) is 4.42 Å². The number of furan rings is 1. The monoisotopic (exact) mass is 430 g/mol. The molecule has 4 heteroatoms. The fraction of sp³-hybridized carbons (Fsp3) is 0.500. The summed E-state index contributed by atoms with van der Waals surface area (Å²) in [6.45, 7) is 3.13. The normalized spacial score (nSPS) is 19.9. The molecule has 0 radical (unpaired) electrons. The molecule has 4 nitrogen and oxygen atoms in total. The Labute approximate surface area is 191 Å². The lowest BCUT2D eigenvalue weighted by atomic mass is 9.79. The lowest BCUT2D eigenvalue weighted by Crippen LogP contribution is -2.35. The van der Waals surface area contributed by atoms with Crippen LogP contribution in [0.25, 0.3) is 11.0 Å². The first-order valence-electron chi connectivity index (χ1n) is 12.4. The van der Waals surface area contributed by atoms with Crippen LogP contribution in [0, 0.1) is 5.92 Å². The van der Waals surface area contributed by atoms with Gasteiger partial charge in [-0.25, -0.2) is 0 Å². The van der Waals surface area contributed by atoms with Crippen LogP contribution < -0.4 is 0 Å². The molecule has 1 atom stereocenters. The predicted molar refractivity (Wildman–Crippen MR) is 128 cm³/mol. The van der Waals surface area contributed by atoms with Gasteiger partial charge in [0.15, 0.2) is 0 Å². The first-order valence-corrected chi connectivity index (χ1v) is 12.4. The minimum Gasteiger partial charge on any atom is -0.464 e. The van der Waals surface area contributed by atoms with E-state index >= 15 is 0 Å². The number of pyridine rings is 1. The third-order valence-electron chi connectivity index (χ3n) is 7.67. The van der Waals surface area contributed by atoms with Crippen LogP contribution in [0.1, 0.15) is 74.5 Å². The number of fused-ring (bicyclic) bond motifs is 1. The van der Waals surface area contributed by atoms with Crippen molar-refractivity contribution in [2.24, 2.45) is 5.92 Å². The molecule has 0 bridgehead atoms. The van der Waals surface area contributed by atoms with E-state index in [-0.39, 0.29) is 11.8 Å². The lowest BCUT2D eigenvalue weighted by Gasteiger charge is -2.33. The van der Waals surface area contributed by atoms with Crippen molar-refractivity contribution in [2.75, 3.05) is 19.6 Å². The molecule has 1 unspecified atom stereocenters. The van der Waals surface area contributed by atoms with E-state index in [1.807, 2.05) is 36.7 Å². The number of piperidine rings is 1. The van der Waals surface area contributed by atoms with Gasteiger partial charge in [0, 0.05) is 23.1 Å². The van der Waals surface area contributed by atoms with E-state index in [1.165, 1.54) is 30.2 Å². The fourth-order valence-electron chi connectivity index (χ4n) is 5.78. The highest BCUT2D eigenvalue weighted by atomic mass is 16.3. The standard InChI is InChI=1S/C28H34N2O2/c31-28(22-8-2-1-3-9-22)24(26-11-6-7-16-29-26)15-19-30-17-13-21(14-18-30)25-20-32-27-12-5-4-10-23(25)27/h4-7,10-12,16,20-22,24H,1-3,8-9,13-15,17-19H2. The van der Waals surface area contributed by atoms with Gasteiger partial charge in [0.25, 0.3) is 0 Å². The molecule has 2 aromatic heterocycles. The third-order valence-corrected chi connectivity index (χ3v) is 7.67. The van der Waals surface area contributed by atoms with E-state index in [0.717, 1.165) is 63.0 Å². The van der Waals surface area contributed by atoms with Gasteiger partial charge in [-0.2, -0.15) is 0 Å². The molecule has 2 fully saturated rings. The number of carbonyl (C=O) groups excluding carboxylic acids is 1. The zero-order valence-electron chi connectivity index (χ0n) is 18.9. The number of benzene rings is 1. The zero-order chi connectivity index (χ0) is 21.8. The van der Waals surface area contributed by atoms with Gasteiger partial charge in [-0.1, -0.05) is 43.5 Å². The summed E-state index contributed by atoms with van der Waals surface area (Å²) in [4.78, 5) is 20.6. The van der Waals surface area contributed by atoms with Gasteiger partial charge in [-0.05, 0) is 75.9 Å². The van der Waals surface area contributed by atoms with Crippen molar-refractivity contribution in [3.63, 3.8) is 0 Å². The lowest BCUT2D eigenvalue weighted by molar-refractivity contribution is -0.125. The highest BCUT2D eigenvalue weighted by Gasteiger charge is 2.31. The van der Waals surface area contributed by atoms with Crippen molar-refractivity contribution in [1.82, 2.24) is 9.88 Å². The second-order valence-corrected chi connectivity index (χ2v) is 9.64. The van der Waals surface area contributed by atoms with Crippen molar-refractivity contribution >= 4 is 16.8 Å². The largest absolute Gasteiger partial charge is 0.464 e. The van der Waals surface area contributed by atoms with E-state index < -0.39 is 0 Å². The predicted octanol–water partition coefficient (Wildman–Crippen LogP) is 6.33. The van der Waals surface area contributed by atoms with Gasteiger partial charge in [0.1, 0.15) is 11.4 Å². The topological polar surface area (TPSA) is 46.3 Å². The first-order chi connectivity index (χ1) is 15.8. The smallest absolute Gasteiger partial charge is 0.145 e. The summed E-state index contributed by atoms with van der Waals surface area (Å²) in [7, 11) is 0. The molecule has 32 heavy (non-hydrogen) atoms. The van der Waals surface area contributed by atoms with Crippen LogP contribution in [0.2, 0.25) is 0 Å². The molecule has 3 aromatic rings. The Kier molecular flexibility index (Phi) is 6.68. The molecule has 5 rings (SSSR count). The molecular formula is C28H34N2O2. The zero-order valence-corrected chi connectivity index (χ0v) is 18.9. The Hall–Kier alpha value is -2.46. The number of hydrogen-bond donors (Lipinski definition) is 0. The van der Waals surface area contributed by atoms with Crippen molar-refractivity contribution in [2.45, 2.75) is 63.2 Å². The molecule has 1 aliphatic carbocycles. The Bertz CT molecular complexity index is 1010. The molecule has 1 saturated carbocycles.